The maximum Gasteiger partial charge on any atom is 0.337 e. The monoisotopic (exact) mass is 384 g/mol. The van der Waals surface area contributed by atoms with Gasteiger partial charge in [0.25, 0.3) is 0 Å². The number of fused-ring (bicyclic) bond motifs is 1. The number of hydrogen-bond acceptors (Lipinski definition) is 4. The first-order valence-electron chi connectivity index (χ1n) is 9.18. The van der Waals surface area contributed by atoms with E-state index in [4.69, 9.17) is 0 Å². The van der Waals surface area contributed by atoms with E-state index in [0.29, 0.717) is 6.54 Å². The van der Waals surface area contributed by atoms with Gasteiger partial charge in [-0.25, -0.2) is 14.8 Å². The number of nitrogens with zero attached hydrogens (tertiary/aromatic N) is 5. The molecule has 0 fully saturated rings. The molecular formula is C22H20N6O. The average molecular weight is 384 g/mol. The molecule has 1 N–H and O–H groups in total. The maximum absolute atomic E-state index is 12.3. The molecule has 1 aromatic carbocycles. The standard InChI is InChI=1S/C22H20N6O/c1-27(22(29)25-12-17-6-3-2-4-7-17)26-15-20-14-24-21-10-9-19(16-28(20)21)18-8-5-11-23-13-18/h2-11,13-16H,12H2,1H3,(H,25,29)/b26-15+. The molecule has 0 spiro atoms. The van der Waals surface area contributed by atoms with Crippen LogP contribution in [-0.2, 0) is 6.54 Å². The number of benzene rings is 1. The van der Waals surface area contributed by atoms with E-state index in [1.54, 1.807) is 25.7 Å². The number of rotatable bonds is 5. The topological polar surface area (TPSA) is 74.9 Å². The van der Waals surface area contributed by atoms with Crippen LogP contribution in [0.5, 0.6) is 0 Å². The number of carbonyl (C=O) groups is 1. The van der Waals surface area contributed by atoms with Gasteiger partial charge in [0.1, 0.15) is 5.65 Å². The highest BCUT2D eigenvalue weighted by Gasteiger charge is 2.08. The minimum absolute atomic E-state index is 0.282. The summed E-state index contributed by atoms with van der Waals surface area (Å²) in [5, 5.41) is 8.37. The van der Waals surface area contributed by atoms with Crippen LogP contribution in [0.15, 0.2) is 84.5 Å². The van der Waals surface area contributed by atoms with Gasteiger partial charge in [0.2, 0.25) is 0 Å². The van der Waals surface area contributed by atoms with Crippen molar-refractivity contribution in [3.63, 3.8) is 0 Å². The quantitative estimate of drug-likeness (QED) is 0.422. The Labute approximate surface area is 168 Å². The Kier molecular flexibility index (Phi) is 5.29. The minimum Gasteiger partial charge on any atom is -0.332 e. The zero-order valence-electron chi connectivity index (χ0n) is 15.9. The molecule has 2 amide bonds. The number of hydrogen-bond donors (Lipinski definition) is 1. The third-order valence-corrected chi connectivity index (χ3v) is 4.47. The van der Waals surface area contributed by atoms with Gasteiger partial charge in [0, 0.05) is 43.3 Å². The molecule has 0 aliphatic carbocycles. The highest BCUT2D eigenvalue weighted by molar-refractivity contribution is 5.81. The van der Waals surface area contributed by atoms with E-state index in [9.17, 15) is 4.79 Å². The zero-order valence-corrected chi connectivity index (χ0v) is 15.9. The molecule has 7 nitrogen and oxygen atoms in total. The molecule has 0 aliphatic rings. The molecule has 4 rings (SSSR count). The molecule has 3 heterocycles. The van der Waals surface area contributed by atoms with Crippen LogP contribution in [0.2, 0.25) is 0 Å². The Morgan fingerprint density at radius 1 is 1.10 bits per heavy atom. The number of aromatic nitrogens is 3. The fourth-order valence-electron chi connectivity index (χ4n) is 2.89. The van der Waals surface area contributed by atoms with E-state index in [2.05, 4.69) is 20.4 Å². The lowest BCUT2D eigenvalue weighted by atomic mass is 10.1. The van der Waals surface area contributed by atoms with Crippen molar-refractivity contribution in [2.45, 2.75) is 6.54 Å². The van der Waals surface area contributed by atoms with Gasteiger partial charge in [-0.3, -0.25) is 9.38 Å². The van der Waals surface area contributed by atoms with E-state index in [1.165, 1.54) is 5.01 Å². The Balaban J connectivity index is 1.48. The van der Waals surface area contributed by atoms with Gasteiger partial charge in [-0.05, 0) is 23.8 Å². The van der Waals surface area contributed by atoms with E-state index >= 15 is 0 Å². The Morgan fingerprint density at radius 2 is 1.97 bits per heavy atom. The van der Waals surface area contributed by atoms with Crippen molar-refractivity contribution in [1.29, 1.82) is 0 Å². The van der Waals surface area contributed by atoms with Crippen LogP contribution in [-0.4, -0.2) is 38.7 Å². The van der Waals surface area contributed by atoms with Crippen molar-refractivity contribution in [3.05, 3.63) is 90.6 Å². The molecule has 3 aromatic heterocycles. The smallest absolute Gasteiger partial charge is 0.332 e. The lowest BCUT2D eigenvalue weighted by Gasteiger charge is -2.12. The number of carbonyl (C=O) groups excluding carboxylic acids is 1. The van der Waals surface area contributed by atoms with E-state index in [1.807, 2.05) is 71.4 Å². The summed E-state index contributed by atoms with van der Waals surface area (Å²) in [6, 6.07) is 17.3. The highest BCUT2D eigenvalue weighted by Crippen LogP contribution is 2.19. The largest absolute Gasteiger partial charge is 0.337 e. The van der Waals surface area contributed by atoms with Gasteiger partial charge in [-0.2, -0.15) is 5.10 Å². The summed E-state index contributed by atoms with van der Waals surface area (Å²) in [5.74, 6) is 0. The normalized spacial score (nSPS) is 11.1. The van der Waals surface area contributed by atoms with Crippen LogP contribution in [0, 0.1) is 0 Å². The van der Waals surface area contributed by atoms with E-state index in [0.717, 1.165) is 28.0 Å². The van der Waals surface area contributed by atoms with E-state index in [-0.39, 0.29) is 6.03 Å². The Morgan fingerprint density at radius 3 is 2.76 bits per heavy atom. The fraction of sp³-hybridized carbons (Fsp3) is 0.0909. The lowest BCUT2D eigenvalue weighted by molar-refractivity contribution is 0.210. The predicted octanol–water partition coefficient (Wildman–Crippen LogP) is 3.57. The third kappa shape index (κ3) is 4.30. The Hall–Kier alpha value is -4.00. The molecular weight excluding hydrogens is 364 g/mol. The second kappa shape index (κ2) is 8.35. The number of urea groups is 1. The summed E-state index contributed by atoms with van der Waals surface area (Å²) in [4.78, 5) is 20.8. The Bertz CT molecular complexity index is 1140. The first kappa shape index (κ1) is 18.4. The van der Waals surface area contributed by atoms with Gasteiger partial charge in [-0.15, -0.1) is 0 Å². The molecule has 0 saturated heterocycles. The van der Waals surface area contributed by atoms with Gasteiger partial charge in [0.15, 0.2) is 0 Å². The summed E-state index contributed by atoms with van der Waals surface area (Å²) >= 11 is 0. The van der Waals surface area contributed by atoms with Crippen molar-refractivity contribution in [3.8, 4) is 11.1 Å². The molecule has 0 unspecified atom stereocenters. The molecule has 0 saturated carbocycles. The first-order chi connectivity index (χ1) is 14.2. The summed E-state index contributed by atoms with van der Waals surface area (Å²) in [5.41, 5.74) is 4.64. The van der Waals surface area contributed by atoms with Gasteiger partial charge in [-0.1, -0.05) is 36.4 Å². The van der Waals surface area contributed by atoms with Crippen LogP contribution in [0.4, 0.5) is 4.79 Å². The number of hydrazone groups is 1. The second-order valence-corrected chi connectivity index (χ2v) is 6.48. The van der Waals surface area contributed by atoms with Crippen LogP contribution in [0.3, 0.4) is 0 Å². The SMILES string of the molecule is CN(/N=C/c1cnc2ccc(-c3cccnc3)cn12)C(=O)NCc1ccccc1. The molecule has 29 heavy (non-hydrogen) atoms. The van der Waals surface area contributed by atoms with Crippen molar-refractivity contribution < 1.29 is 4.79 Å². The second-order valence-electron chi connectivity index (χ2n) is 6.48. The van der Waals surface area contributed by atoms with Gasteiger partial charge in [0.05, 0.1) is 18.1 Å². The van der Waals surface area contributed by atoms with E-state index < -0.39 is 0 Å². The maximum atomic E-state index is 12.3. The predicted molar refractivity (Wildman–Crippen MR) is 112 cm³/mol. The van der Waals surface area contributed by atoms with Gasteiger partial charge < -0.3 is 5.32 Å². The molecule has 144 valence electrons. The van der Waals surface area contributed by atoms with Crippen molar-refractivity contribution in [1.82, 2.24) is 24.7 Å². The summed E-state index contributed by atoms with van der Waals surface area (Å²) in [6.45, 7) is 0.448. The lowest BCUT2D eigenvalue weighted by Crippen LogP contribution is -2.33. The molecule has 0 atom stereocenters. The number of amides is 2. The highest BCUT2D eigenvalue weighted by atomic mass is 16.2. The van der Waals surface area contributed by atoms with Crippen LogP contribution in [0.25, 0.3) is 16.8 Å². The summed E-state index contributed by atoms with van der Waals surface area (Å²) < 4.78 is 1.93. The average Bonchev–Trinajstić information content (AvgIpc) is 3.19. The van der Waals surface area contributed by atoms with Crippen molar-refractivity contribution in [2.24, 2.45) is 5.10 Å². The zero-order chi connectivity index (χ0) is 20.1. The van der Waals surface area contributed by atoms with Crippen LogP contribution >= 0.6 is 0 Å². The molecule has 7 heteroatoms. The summed E-state index contributed by atoms with van der Waals surface area (Å²) in [7, 11) is 1.61. The van der Waals surface area contributed by atoms with Crippen LogP contribution in [0.1, 0.15) is 11.3 Å². The van der Waals surface area contributed by atoms with Crippen LogP contribution < -0.4 is 5.32 Å². The molecule has 0 bridgehead atoms. The third-order valence-electron chi connectivity index (χ3n) is 4.47. The number of nitrogens with one attached hydrogen (secondary N) is 1. The van der Waals surface area contributed by atoms with Crippen molar-refractivity contribution >= 4 is 17.9 Å². The first-order valence-corrected chi connectivity index (χ1v) is 9.18. The number of imidazole rings is 1. The fourth-order valence-corrected chi connectivity index (χ4v) is 2.89. The summed E-state index contributed by atoms with van der Waals surface area (Å²) in [6.07, 6.45) is 8.89. The van der Waals surface area contributed by atoms with Crippen molar-refractivity contribution in [2.75, 3.05) is 7.05 Å². The van der Waals surface area contributed by atoms with Gasteiger partial charge >= 0.3 is 6.03 Å². The molecule has 4 aromatic rings. The molecule has 0 aliphatic heterocycles. The molecule has 0 radical (unpaired) electrons. The minimum atomic E-state index is -0.282. The number of pyridine rings is 2.